The number of hydrogen-bond acceptors (Lipinski definition) is 5. The molecular formula is C21H28N2O5S. The summed E-state index contributed by atoms with van der Waals surface area (Å²) >= 11 is 0. The molecule has 0 aliphatic rings. The number of carbonyl (C=O) groups excluding carboxylic acids is 1. The molecule has 0 fully saturated rings. The largest absolute Gasteiger partial charge is 0.497 e. The molecule has 0 spiro atoms. The number of methoxy groups -OCH3 is 1. The maximum Gasteiger partial charge on any atom is 0.260 e. The van der Waals surface area contributed by atoms with Gasteiger partial charge in [-0.15, -0.1) is 0 Å². The zero-order chi connectivity index (χ0) is 21.4. The molecule has 0 bridgehead atoms. The molecule has 2 rings (SSSR count). The number of aryl methyl sites for hydroxylation is 1. The highest BCUT2D eigenvalue weighted by atomic mass is 32.2. The van der Waals surface area contributed by atoms with E-state index in [0.717, 1.165) is 30.4 Å². The molecule has 2 aromatic rings. The Kier molecular flexibility index (Phi) is 7.90. The number of nitrogens with one attached hydrogen (secondary N) is 1. The molecule has 1 atom stereocenters. The summed E-state index contributed by atoms with van der Waals surface area (Å²) in [6.07, 6.45) is 2.11. The predicted molar refractivity (Wildman–Crippen MR) is 114 cm³/mol. The zero-order valence-corrected chi connectivity index (χ0v) is 18.0. The van der Waals surface area contributed by atoms with Crippen LogP contribution < -0.4 is 19.1 Å². The van der Waals surface area contributed by atoms with E-state index in [9.17, 15) is 13.2 Å². The van der Waals surface area contributed by atoms with Crippen LogP contribution in [0, 0.1) is 0 Å². The third-order valence-corrected chi connectivity index (χ3v) is 5.66. The van der Waals surface area contributed by atoms with Gasteiger partial charge in [0.1, 0.15) is 11.5 Å². The van der Waals surface area contributed by atoms with E-state index in [0.29, 0.717) is 18.0 Å². The van der Waals surface area contributed by atoms with Crippen LogP contribution in [0.3, 0.4) is 0 Å². The second-order valence-corrected chi connectivity index (χ2v) is 8.74. The Bertz CT molecular complexity index is 913. The maximum atomic E-state index is 12.2. The van der Waals surface area contributed by atoms with Gasteiger partial charge in [0.25, 0.3) is 5.91 Å². The normalized spacial score (nSPS) is 12.1. The Morgan fingerprint density at radius 1 is 1.14 bits per heavy atom. The van der Waals surface area contributed by atoms with E-state index in [4.69, 9.17) is 9.47 Å². The van der Waals surface area contributed by atoms with Crippen LogP contribution >= 0.6 is 0 Å². The van der Waals surface area contributed by atoms with Crippen LogP contribution in [0.1, 0.15) is 18.9 Å². The molecule has 0 saturated heterocycles. The van der Waals surface area contributed by atoms with Gasteiger partial charge in [0.2, 0.25) is 10.0 Å². The van der Waals surface area contributed by atoms with E-state index in [-0.39, 0.29) is 5.91 Å². The van der Waals surface area contributed by atoms with Crippen molar-refractivity contribution in [3.8, 4) is 11.5 Å². The van der Waals surface area contributed by atoms with Gasteiger partial charge >= 0.3 is 0 Å². The first kappa shape index (κ1) is 22.5. The van der Waals surface area contributed by atoms with E-state index in [2.05, 4.69) is 5.32 Å². The first-order valence-corrected chi connectivity index (χ1v) is 11.2. The Labute approximate surface area is 172 Å². The molecule has 1 unspecified atom stereocenters. The molecule has 29 heavy (non-hydrogen) atoms. The third kappa shape index (κ3) is 6.98. The Morgan fingerprint density at radius 2 is 1.83 bits per heavy atom. The number of carbonyl (C=O) groups is 1. The van der Waals surface area contributed by atoms with E-state index >= 15 is 0 Å². The van der Waals surface area contributed by atoms with Crippen molar-refractivity contribution < 1.29 is 22.7 Å². The zero-order valence-electron chi connectivity index (χ0n) is 17.2. The minimum atomic E-state index is -3.32. The second kappa shape index (κ2) is 10.2. The lowest BCUT2D eigenvalue weighted by atomic mass is 10.1. The van der Waals surface area contributed by atoms with Crippen LogP contribution in [-0.2, 0) is 21.2 Å². The van der Waals surface area contributed by atoms with Gasteiger partial charge in [0.05, 0.1) is 19.1 Å². The van der Waals surface area contributed by atoms with Crippen molar-refractivity contribution in [2.45, 2.75) is 25.9 Å². The number of anilines is 1. The highest BCUT2D eigenvalue weighted by Gasteiger charge is 2.15. The van der Waals surface area contributed by atoms with E-state index in [1.807, 2.05) is 24.3 Å². The average molecular weight is 421 g/mol. The molecule has 1 amide bonds. The van der Waals surface area contributed by atoms with E-state index in [1.165, 1.54) is 11.4 Å². The van der Waals surface area contributed by atoms with Gasteiger partial charge in [-0.3, -0.25) is 9.10 Å². The first-order valence-electron chi connectivity index (χ1n) is 9.32. The summed E-state index contributed by atoms with van der Waals surface area (Å²) in [4.78, 5) is 12.2. The monoisotopic (exact) mass is 420 g/mol. The smallest absolute Gasteiger partial charge is 0.260 e. The lowest BCUT2D eigenvalue weighted by Gasteiger charge is -2.18. The summed E-state index contributed by atoms with van der Waals surface area (Å²) in [6.45, 7) is 2.22. The van der Waals surface area contributed by atoms with Crippen LogP contribution in [-0.4, -0.2) is 47.4 Å². The van der Waals surface area contributed by atoms with Crippen molar-refractivity contribution >= 4 is 21.6 Å². The molecule has 7 nitrogen and oxygen atoms in total. The summed E-state index contributed by atoms with van der Waals surface area (Å²) in [5.41, 5.74) is 1.68. The molecular weight excluding hydrogens is 392 g/mol. The van der Waals surface area contributed by atoms with Crippen LogP contribution in [0.5, 0.6) is 11.5 Å². The van der Waals surface area contributed by atoms with Gasteiger partial charge in [-0.05, 0) is 61.7 Å². The van der Waals surface area contributed by atoms with E-state index in [1.54, 1.807) is 38.3 Å². The van der Waals surface area contributed by atoms with Gasteiger partial charge < -0.3 is 14.8 Å². The first-order chi connectivity index (χ1) is 13.7. The average Bonchev–Trinajstić information content (AvgIpc) is 2.70. The molecule has 0 aliphatic carbocycles. The molecule has 0 aliphatic heterocycles. The summed E-state index contributed by atoms with van der Waals surface area (Å²) in [5, 5.41) is 2.87. The summed E-state index contributed by atoms with van der Waals surface area (Å²) < 4.78 is 35.2. The lowest BCUT2D eigenvalue weighted by molar-refractivity contribution is -0.127. The van der Waals surface area contributed by atoms with E-state index < -0.39 is 16.1 Å². The van der Waals surface area contributed by atoms with Crippen LogP contribution in [0.15, 0.2) is 48.5 Å². The minimum Gasteiger partial charge on any atom is -0.497 e. The third-order valence-electron chi connectivity index (χ3n) is 4.46. The number of ether oxygens (including phenoxy) is 2. The fraction of sp³-hybridized carbons (Fsp3) is 0.381. The Morgan fingerprint density at radius 3 is 2.45 bits per heavy atom. The topological polar surface area (TPSA) is 84.9 Å². The van der Waals surface area contributed by atoms with Gasteiger partial charge in [-0.25, -0.2) is 8.42 Å². The number of sulfonamides is 1. The highest BCUT2D eigenvalue weighted by Crippen LogP contribution is 2.21. The van der Waals surface area contributed by atoms with Gasteiger partial charge in [0, 0.05) is 13.6 Å². The SMILES string of the molecule is COc1cccc(CCCNC(=O)C(C)Oc2ccc(N(C)S(C)(=O)=O)cc2)c1. The molecule has 1 N–H and O–H groups in total. The lowest BCUT2D eigenvalue weighted by Crippen LogP contribution is -2.36. The molecule has 2 aromatic carbocycles. The fourth-order valence-corrected chi connectivity index (χ4v) is 3.16. The van der Waals surface area contributed by atoms with Crippen molar-refractivity contribution in [2.75, 3.05) is 31.3 Å². The van der Waals surface area contributed by atoms with Crippen molar-refractivity contribution in [1.82, 2.24) is 5.32 Å². The van der Waals surface area contributed by atoms with Crippen LogP contribution in [0.4, 0.5) is 5.69 Å². The fourth-order valence-electron chi connectivity index (χ4n) is 2.66. The summed E-state index contributed by atoms with van der Waals surface area (Å²) in [6, 6.07) is 14.4. The number of nitrogens with zero attached hydrogens (tertiary/aromatic N) is 1. The van der Waals surface area contributed by atoms with Crippen LogP contribution in [0.25, 0.3) is 0 Å². The summed E-state index contributed by atoms with van der Waals surface area (Å²) in [7, 11) is -0.205. The molecule has 0 radical (unpaired) electrons. The highest BCUT2D eigenvalue weighted by molar-refractivity contribution is 7.92. The molecule has 8 heteroatoms. The number of hydrogen-bond donors (Lipinski definition) is 1. The molecule has 0 saturated carbocycles. The number of rotatable bonds is 10. The quantitative estimate of drug-likeness (QED) is 0.597. The predicted octanol–water partition coefficient (Wildman–Crippen LogP) is 2.61. The standard InChI is InChI=1S/C21H28N2O5S/c1-16(28-19-12-10-18(11-13-19)23(2)29(4,25)26)21(24)22-14-6-8-17-7-5-9-20(15-17)27-3/h5,7,9-13,15-16H,6,8,14H2,1-4H3,(H,22,24). The maximum absolute atomic E-state index is 12.2. The van der Waals surface area contributed by atoms with Crippen molar-refractivity contribution in [1.29, 1.82) is 0 Å². The van der Waals surface area contributed by atoms with Gasteiger partial charge in [-0.1, -0.05) is 12.1 Å². The number of amides is 1. The van der Waals surface area contributed by atoms with Crippen molar-refractivity contribution in [3.63, 3.8) is 0 Å². The number of benzene rings is 2. The van der Waals surface area contributed by atoms with Gasteiger partial charge in [0.15, 0.2) is 6.10 Å². The summed E-state index contributed by atoms with van der Waals surface area (Å²) in [5.74, 6) is 1.12. The molecule has 158 valence electrons. The van der Waals surface area contributed by atoms with Crippen LogP contribution in [0.2, 0.25) is 0 Å². The molecule has 0 aromatic heterocycles. The minimum absolute atomic E-state index is 0.201. The Balaban J connectivity index is 1.78. The van der Waals surface area contributed by atoms with Crippen molar-refractivity contribution in [2.24, 2.45) is 0 Å². The second-order valence-electron chi connectivity index (χ2n) is 6.73. The van der Waals surface area contributed by atoms with Gasteiger partial charge in [-0.2, -0.15) is 0 Å². The molecule has 0 heterocycles. The van der Waals surface area contributed by atoms with Crippen molar-refractivity contribution in [3.05, 3.63) is 54.1 Å². The Hall–Kier alpha value is -2.74.